The van der Waals surface area contributed by atoms with Crippen molar-refractivity contribution < 1.29 is 21.8 Å². The Balaban J connectivity index is 0.000000285. The van der Waals surface area contributed by atoms with Crippen molar-refractivity contribution in [3.63, 3.8) is 0 Å². The number of ether oxygens (including phenoxy) is 1. The number of hydrazone groups is 1. The molecule has 3 nitrogen and oxygen atoms in total. The molecule has 1 aliphatic heterocycles. The molecule has 2 atom stereocenters. The maximum absolute atomic E-state index is 5.32. The second kappa shape index (κ2) is 8.39. The summed E-state index contributed by atoms with van der Waals surface area (Å²) in [4.78, 5) is 0. The SMILES string of the molecule is COc1ccc2c(c1)CCC1C2=NNC1c1ccc[cH-]1.[Fe+2].c1cc[cH-]c1. The Morgan fingerprint density at radius 1 is 1.12 bits per heavy atom. The summed E-state index contributed by atoms with van der Waals surface area (Å²) >= 11 is 0. The summed E-state index contributed by atoms with van der Waals surface area (Å²) in [6, 6.07) is 25.2. The van der Waals surface area contributed by atoms with E-state index in [9.17, 15) is 0 Å². The van der Waals surface area contributed by atoms with Crippen LogP contribution in [0.3, 0.4) is 0 Å². The van der Waals surface area contributed by atoms with Gasteiger partial charge in [-0.2, -0.15) is 35.4 Å². The van der Waals surface area contributed by atoms with Crippen LogP contribution >= 0.6 is 0 Å². The van der Waals surface area contributed by atoms with E-state index < -0.39 is 0 Å². The molecule has 0 spiro atoms. The second-order valence-corrected chi connectivity index (χ2v) is 6.45. The maximum Gasteiger partial charge on any atom is 2.00 e. The molecule has 4 heteroatoms. The maximum atomic E-state index is 5.32. The van der Waals surface area contributed by atoms with E-state index >= 15 is 0 Å². The molecule has 2 aliphatic rings. The summed E-state index contributed by atoms with van der Waals surface area (Å²) in [6.07, 6.45) is 2.23. The van der Waals surface area contributed by atoms with Gasteiger partial charge in [0.05, 0.1) is 18.9 Å². The smallest absolute Gasteiger partial charge is 0.497 e. The van der Waals surface area contributed by atoms with Gasteiger partial charge in [-0.25, -0.2) is 24.3 Å². The van der Waals surface area contributed by atoms with Crippen molar-refractivity contribution in [1.29, 1.82) is 0 Å². The standard InChI is InChI=1S/C17H17N2O.C5H5.Fe/c1-20-13-7-9-14-12(10-13)6-8-15-16(18-19-17(14)15)11-4-2-3-5-11;1-2-4-5-3-1;/h2-5,7,9-10,15-16,18H,6,8H2,1H3;1-5H;/q2*-1;+2. The summed E-state index contributed by atoms with van der Waals surface area (Å²) in [6.45, 7) is 0. The van der Waals surface area contributed by atoms with E-state index in [1.54, 1.807) is 7.11 Å². The first kappa shape index (κ1) is 18.5. The Bertz CT molecular complexity index is 820. The van der Waals surface area contributed by atoms with Gasteiger partial charge in [0.25, 0.3) is 0 Å². The number of hydrogen-bond acceptors (Lipinski definition) is 3. The molecule has 0 amide bonds. The molecule has 2 unspecified atom stereocenters. The summed E-state index contributed by atoms with van der Waals surface area (Å²) in [5.41, 5.74) is 8.51. The van der Waals surface area contributed by atoms with Crippen molar-refractivity contribution in [3.05, 3.63) is 89.5 Å². The van der Waals surface area contributed by atoms with Gasteiger partial charge in [-0.05, 0) is 36.6 Å². The fourth-order valence-corrected chi connectivity index (χ4v) is 3.72. The number of nitrogens with one attached hydrogen (secondary N) is 1. The zero-order valence-electron chi connectivity index (χ0n) is 14.7. The predicted octanol–water partition coefficient (Wildman–Crippen LogP) is 4.43. The van der Waals surface area contributed by atoms with E-state index in [-0.39, 0.29) is 17.1 Å². The predicted molar refractivity (Wildman–Crippen MR) is 101 cm³/mol. The molecule has 1 N–H and O–H groups in total. The molecular formula is C22H22FeN2O. The quantitative estimate of drug-likeness (QED) is 0.522. The van der Waals surface area contributed by atoms with E-state index in [4.69, 9.17) is 4.74 Å². The average Bonchev–Trinajstić information content (AvgIpc) is 3.43. The molecule has 0 saturated heterocycles. The van der Waals surface area contributed by atoms with E-state index in [1.807, 2.05) is 36.4 Å². The van der Waals surface area contributed by atoms with E-state index in [0.717, 1.165) is 18.6 Å². The molecule has 3 aromatic carbocycles. The fourth-order valence-electron chi connectivity index (χ4n) is 3.72. The number of rotatable bonds is 2. The molecule has 0 fully saturated rings. The van der Waals surface area contributed by atoms with Crippen LogP contribution in [0.2, 0.25) is 0 Å². The second-order valence-electron chi connectivity index (χ2n) is 6.45. The minimum atomic E-state index is 0. The van der Waals surface area contributed by atoms with Crippen LogP contribution in [-0.4, -0.2) is 12.8 Å². The first-order valence-corrected chi connectivity index (χ1v) is 8.75. The van der Waals surface area contributed by atoms with Crippen LogP contribution in [-0.2, 0) is 23.5 Å². The fraction of sp³-hybridized carbons (Fsp3) is 0.227. The van der Waals surface area contributed by atoms with Gasteiger partial charge < -0.3 is 10.2 Å². The van der Waals surface area contributed by atoms with Gasteiger partial charge in [0, 0.05) is 11.5 Å². The first-order valence-electron chi connectivity index (χ1n) is 8.75. The van der Waals surface area contributed by atoms with Crippen LogP contribution in [0.5, 0.6) is 5.75 Å². The summed E-state index contributed by atoms with van der Waals surface area (Å²) in [7, 11) is 1.72. The van der Waals surface area contributed by atoms with E-state index in [1.165, 1.54) is 22.4 Å². The monoisotopic (exact) mass is 386 g/mol. The first-order chi connectivity index (χ1) is 12.4. The van der Waals surface area contributed by atoms with Crippen molar-refractivity contribution in [3.8, 4) is 5.75 Å². The Labute approximate surface area is 165 Å². The molecule has 26 heavy (non-hydrogen) atoms. The van der Waals surface area contributed by atoms with Crippen molar-refractivity contribution in [2.45, 2.75) is 18.9 Å². The van der Waals surface area contributed by atoms with Gasteiger partial charge in [0.1, 0.15) is 5.75 Å². The third-order valence-corrected chi connectivity index (χ3v) is 4.99. The zero-order chi connectivity index (χ0) is 17.1. The van der Waals surface area contributed by atoms with Crippen LogP contribution in [0.4, 0.5) is 0 Å². The summed E-state index contributed by atoms with van der Waals surface area (Å²) < 4.78 is 5.32. The molecular weight excluding hydrogens is 364 g/mol. The van der Waals surface area contributed by atoms with E-state index in [0.29, 0.717) is 12.0 Å². The normalized spacial score (nSPS) is 19.7. The van der Waals surface area contributed by atoms with Crippen molar-refractivity contribution >= 4 is 5.71 Å². The van der Waals surface area contributed by atoms with Gasteiger partial charge >= 0.3 is 17.1 Å². The van der Waals surface area contributed by atoms with Gasteiger partial charge in [0.2, 0.25) is 0 Å². The minimum absolute atomic E-state index is 0. The zero-order valence-corrected chi connectivity index (χ0v) is 15.8. The Morgan fingerprint density at radius 2 is 1.96 bits per heavy atom. The van der Waals surface area contributed by atoms with Gasteiger partial charge in [0.15, 0.2) is 0 Å². The largest absolute Gasteiger partial charge is 2.00 e. The van der Waals surface area contributed by atoms with E-state index in [2.05, 4.69) is 46.9 Å². The topological polar surface area (TPSA) is 33.6 Å². The molecule has 134 valence electrons. The summed E-state index contributed by atoms with van der Waals surface area (Å²) in [5, 5.41) is 4.62. The number of methoxy groups -OCH3 is 1. The van der Waals surface area contributed by atoms with Crippen LogP contribution < -0.4 is 10.2 Å². The molecule has 5 rings (SSSR count). The van der Waals surface area contributed by atoms with Crippen molar-refractivity contribution in [1.82, 2.24) is 5.43 Å². The van der Waals surface area contributed by atoms with Crippen molar-refractivity contribution in [2.24, 2.45) is 11.0 Å². The van der Waals surface area contributed by atoms with Crippen LogP contribution in [0.15, 0.2) is 77.9 Å². The number of aryl methyl sites for hydroxylation is 1. The Kier molecular flexibility index (Phi) is 5.97. The number of hydrogen-bond donors (Lipinski definition) is 1. The number of fused-ring (bicyclic) bond motifs is 3. The molecule has 0 aromatic heterocycles. The van der Waals surface area contributed by atoms with Gasteiger partial charge in [-0.1, -0.05) is 0 Å². The van der Waals surface area contributed by atoms with Gasteiger partial charge in [-0.3, -0.25) is 0 Å². The number of benzene rings is 1. The Hall–Kier alpha value is -2.29. The molecule has 1 aliphatic carbocycles. The van der Waals surface area contributed by atoms with Crippen molar-refractivity contribution in [2.75, 3.05) is 7.11 Å². The van der Waals surface area contributed by atoms with Gasteiger partial charge in [-0.15, -0.1) is 5.56 Å². The molecule has 1 heterocycles. The molecule has 0 bridgehead atoms. The molecule has 0 radical (unpaired) electrons. The third-order valence-electron chi connectivity index (χ3n) is 4.99. The third kappa shape index (κ3) is 3.62. The summed E-state index contributed by atoms with van der Waals surface area (Å²) in [5.74, 6) is 1.42. The number of nitrogens with zero attached hydrogens (tertiary/aromatic N) is 1. The van der Waals surface area contributed by atoms with Crippen LogP contribution in [0.1, 0.15) is 29.2 Å². The van der Waals surface area contributed by atoms with Crippen LogP contribution in [0, 0.1) is 5.92 Å². The molecule has 0 saturated carbocycles. The Morgan fingerprint density at radius 3 is 2.62 bits per heavy atom. The van der Waals surface area contributed by atoms with Crippen LogP contribution in [0.25, 0.3) is 0 Å². The molecule has 3 aromatic rings. The average molecular weight is 386 g/mol. The minimum Gasteiger partial charge on any atom is -0.497 e.